The van der Waals surface area contributed by atoms with Gasteiger partial charge in [0.05, 0.1) is 23.7 Å². The molecule has 0 spiro atoms. The molecule has 1 aromatic heterocycles. The molecule has 0 bridgehead atoms. The first kappa shape index (κ1) is 21.9. The Balaban J connectivity index is 1.34. The fourth-order valence-corrected chi connectivity index (χ4v) is 4.01. The van der Waals surface area contributed by atoms with Crippen LogP contribution >= 0.6 is 11.8 Å². The summed E-state index contributed by atoms with van der Waals surface area (Å²) in [5.74, 6) is 2.44. The molecule has 1 saturated heterocycles. The van der Waals surface area contributed by atoms with E-state index in [9.17, 15) is 9.18 Å². The molecule has 2 aromatic carbocycles. The number of hydrogen-bond donors (Lipinski definition) is 1. The summed E-state index contributed by atoms with van der Waals surface area (Å²) in [6, 6.07) is 13.7. The van der Waals surface area contributed by atoms with Crippen molar-refractivity contribution in [1.82, 2.24) is 15.1 Å². The van der Waals surface area contributed by atoms with Gasteiger partial charge in [-0.25, -0.2) is 4.39 Å². The third kappa shape index (κ3) is 5.46. The molecule has 164 valence electrons. The van der Waals surface area contributed by atoms with Gasteiger partial charge in [0, 0.05) is 31.7 Å². The van der Waals surface area contributed by atoms with Crippen molar-refractivity contribution < 1.29 is 13.6 Å². The van der Waals surface area contributed by atoms with Crippen LogP contribution in [0.4, 0.5) is 15.8 Å². The van der Waals surface area contributed by atoms with Gasteiger partial charge in [-0.15, -0.1) is 16.6 Å². The van der Waals surface area contributed by atoms with Crippen LogP contribution in [0.15, 0.2) is 58.2 Å². The van der Waals surface area contributed by atoms with E-state index >= 15 is 0 Å². The zero-order chi connectivity index (χ0) is 22.3. The minimum absolute atomic E-state index is 0.106. The van der Waals surface area contributed by atoms with Crippen molar-refractivity contribution in [2.45, 2.75) is 5.22 Å². The summed E-state index contributed by atoms with van der Waals surface area (Å²) in [5.41, 5.74) is 2.23. The first-order valence-electron chi connectivity index (χ1n) is 10.1. The lowest BCUT2D eigenvalue weighted by Crippen LogP contribution is -2.46. The monoisotopic (exact) mass is 451 g/mol. The van der Waals surface area contributed by atoms with Gasteiger partial charge in [-0.3, -0.25) is 9.69 Å². The molecule has 0 radical (unpaired) electrons. The molecule has 1 aliphatic rings. The van der Waals surface area contributed by atoms with Crippen LogP contribution in [-0.2, 0) is 4.79 Å². The molecule has 1 fully saturated rings. The summed E-state index contributed by atoms with van der Waals surface area (Å²) in [5, 5.41) is 11.1. The largest absolute Gasteiger partial charge is 0.411 e. The third-order valence-corrected chi connectivity index (χ3v) is 5.83. The van der Waals surface area contributed by atoms with Gasteiger partial charge in [-0.05, 0) is 30.3 Å². The summed E-state index contributed by atoms with van der Waals surface area (Å²) < 4.78 is 18.9. The molecule has 3 aromatic rings. The van der Waals surface area contributed by atoms with E-state index < -0.39 is 0 Å². The lowest BCUT2D eigenvalue weighted by molar-refractivity contribution is -0.113. The van der Waals surface area contributed by atoms with Crippen LogP contribution < -0.4 is 10.2 Å². The maximum atomic E-state index is 13.4. The Morgan fingerprint density at radius 3 is 2.75 bits per heavy atom. The normalized spacial score (nSPS) is 14.2. The fourth-order valence-electron chi connectivity index (χ4n) is 3.45. The second-order valence-corrected chi connectivity index (χ2v) is 8.13. The first-order chi connectivity index (χ1) is 15.6. The van der Waals surface area contributed by atoms with Crippen LogP contribution in [-0.4, -0.2) is 59.5 Å². The van der Waals surface area contributed by atoms with E-state index in [-0.39, 0.29) is 28.6 Å². The summed E-state index contributed by atoms with van der Waals surface area (Å²) in [6.45, 7) is 4.10. The molecule has 0 saturated carbocycles. The van der Waals surface area contributed by atoms with Gasteiger partial charge in [0.15, 0.2) is 0 Å². The van der Waals surface area contributed by atoms with E-state index in [1.165, 1.54) is 12.1 Å². The topological polar surface area (TPSA) is 74.5 Å². The van der Waals surface area contributed by atoms with Gasteiger partial charge in [-0.2, -0.15) is 0 Å². The number of anilines is 2. The predicted octanol–water partition coefficient (Wildman–Crippen LogP) is 3.36. The Bertz CT molecular complexity index is 1120. The number of terminal acetylenes is 1. The molecule has 0 atom stereocenters. The second kappa shape index (κ2) is 10.3. The Morgan fingerprint density at radius 1 is 1.16 bits per heavy atom. The molecule has 1 N–H and O–H groups in total. The smallest absolute Gasteiger partial charge is 0.277 e. The molecule has 1 aliphatic heterocycles. The first-order valence-corrected chi connectivity index (χ1v) is 11.1. The number of piperazine rings is 1. The van der Waals surface area contributed by atoms with Crippen molar-refractivity contribution in [2.24, 2.45) is 0 Å². The standard InChI is InChI=1S/C23H22FN5O2S/c1-2-10-28-11-13-29(14-12-28)20-9-4-3-8-19(20)25-21(30)16-32-23-27-26-22(31-23)17-6-5-7-18(24)15-17/h1,3-9,15H,10-14,16H2,(H,25,30). The number of nitrogens with one attached hydrogen (secondary N) is 1. The molecule has 1 amide bonds. The van der Waals surface area contributed by atoms with Gasteiger partial charge in [0.25, 0.3) is 5.22 Å². The van der Waals surface area contributed by atoms with Crippen LogP contribution in [0.25, 0.3) is 11.5 Å². The highest BCUT2D eigenvalue weighted by atomic mass is 32.2. The number of rotatable bonds is 7. The molecule has 32 heavy (non-hydrogen) atoms. The van der Waals surface area contributed by atoms with E-state index in [4.69, 9.17) is 10.8 Å². The third-order valence-electron chi connectivity index (χ3n) is 5.01. The highest BCUT2D eigenvalue weighted by Gasteiger charge is 2.19. The number of benzene rings is 2. The molecule has 2 heterocycles. The summed E-state index contributed by atoms with van der Waals surface area (Å²) in [6.07, 6.45) is 5.41. The number of carbonyl (C=O) groups is 1. The zero-order valence-corrected chi connectivity index (χ0v) is 18.1. The van der Waals surface area contributed by atoms with Crippen LogP contribution in [0.5, 0.6) is 0 Å². The van der Waals surface area contributed by atoms with E-state index in [1.54, 1.807) is 12.1 Å². The van der Waals surface area contributed by atoms with E-state index in [0.717, 1.165) is 49.3 Å². The maximum absolute atomic E-state index is 13.4. The number of aromatic nitrogens is 2. The van der Waals surface area contributed by atoms with E-state index in [1.807, 2.05) is 24.3 Å². The molecule has 0 unspecified atom stereocenters. The lowest BCUT2D eigenvalue weighted by Gasteiger charge is -2.36. The van der Waals surface area contributed by atoms with Crippen LogP contribution in [0.1, 0.15) is 0 Å². The highest BCUT2D eigenvalue weighted by Crippen LogP contribution is 2.28. The van der Waals surface area contributed by atoms with Gasteiger partial charge in [0.2, 0.25) is 11.8 Å². The van der Waals surface area contributed by atoms with E-state index in [0.29, 0.717) is 12.1 Å². The fraction of sp³-hybridized carbons (Fsp3) is 0.261. The molecular weight excluding hydrogens is 429 g/mol. The Labute approximate surface area is 190 Å². The molecular formula is C23H22FN5O2S. The summed E-state index contributed by atoms with van der Waals surface area (Å²) >= 11 is 1.13. The minimum Gasteiger partial charge on any atom is -0.411 e. The quantitative estimate of drug-likeness (QED) is 0.436. The zero-order valence-electron chi connectivity index (χ0n) is 17.3. The Morgan fingerprint density at radius 2 is 1.97 bits per heavy atom. The number of carbonyl (C=O) groups excluding carboxylic acids is 1. The van der Waals surface area contributed by atoms with Gasteiger partial charge >= 0.3 is 0 Å². The van der Waals surface area contributed by atoms with Crippen LogP contribution in [0.2, 0.25) is 0 Å². The van der Waals surface area contributed by atoms with Crippen LogP contribution in [0, 0.1) is 18.2 Å². The van der Waals surface area contributed by atoms with Crippen molar-refractivity contribution >= 4 is 29.0 Å². The number of nitrogens with zero attached hydrogens (tertiary/aromatic N) is 4. The average Bonchev–Trinajstić information content (AvgIpc) is 3.28. The average molecular weight is 452 g/mol. The van der Waals surface area contributed by atoms with Gasteiger partial charge in [0.1, 0.15) is 5.82 Å². The van der Waals surface area contributed by atoms with Crippen molar-refractivity contribution in [3.8, 4) is 23.8 Å². The van der Waals surface area contributed by atoms with Crippen molar-refractivity contribution in [2.75, 3.05) is 48.7 Å². The Kier molecular flexibility index (Phi) is 7.04. The highest BCUT2D eigenvalue weighted by molar-refractivity contribution is 7.99. The van der Waals surface area contributed by atoms with Gasteiger partial charge in [-0.1, -0.05) is 35.9 Å². The number of amides is 1. The SMILES string of the molecule is C#CCN1CCN(c2ccccc2NC(=O)CSc2nnc(-c3cccc(F)c3)o2)CC1. The summed E-state index contributed by atoms with van der Waals surface area (Å²) in [7, 11) is 0. The number of para-hydroxylation sites is 2. The summed E-state index contributed by atoms with van der Waals surface area (Å²) in [4.78, 5) is 17.0. The number of thioether (sulfide) groups is 1. The molecule has 0 aliphatic carbocycles. The number of halogens is 1. The van der Waals surface area contributed by atoms with E-state index in [2.05, 4.69) is 31.2 Å². The van der Waals surface area contributed by atoms with Gasteiger partial charge < -0.3 is 14.6 Å². The molecule has 7 nitrogen and oxygen atoms in total. The van der Waals surface area contributed by atoms with Crippen molar-refractivity contribution in [3.63, 3.8) is 0 Å². The second-order valence-electron chi connectivity index (χ2n) is 7.20. The van der Waals surface area contributed by atoms with Crippen molar-refractivity contribution in [3.05, 3.63) is 54.3 Å². The van der Waals surface area contributed by atoms with Crippen molar-refractivity contribution in [1.29, 1.82) is 0 Å². The molecule has 9 heteroatoms. The molecule has 4 rings (SSSR count). The lowest BCUT2D eigenvalue weighted by atomic mass is 10.2. The number of hydrogen-bond acceptors (Lipinski definition) is 7. The Hall–Kier alpha value is -3.35. The minimum atomic E-state index is -0.384. The maximum Gasteiger partial charge on any atom is 0.277 e. The predicted molar refractivity (Wildman–Crippen MR) is 123 cm³/mol. The van der Waals surface area contributed by atoms with Crippen LogP contribution in [0.3, 0.4) is 0 Å².